The van der Waals surface area contributed by atoms with Crippen LogP contribution in [0.1, 0.15) is 20.3 Å². The molecule has 160 valence electrons. The Morgan fingerprint density at radius 1 is 0.964 bits per heavy atom. The molecule has 13 heteroatoms. The maximum atomic E-state index is 12.4. The summed E-state index contributed by atoms with van der Waals surface area (Å²) in [7, 11) is 0. The van der Waals surface area contributed by atoms with Gasteiger partial charge in [0.2, 0.25) is 23.6 Å². The van der Waals surface area contributed by atoms with Crippen LogP contribution >= 0.6 is 12.6 Å². The van der Waals surface area contributed by atoms with Gasteiger partial charge in [0.25, 0.3) is 0 Å². The van der Waals surface area contributed by atoms with E-state index < -0.39 is 72.7 Å². The fourth-order valence-corrected chi connectivity index (χ4v) is 2.17. The number of carboxylic acid groups (broad SMARTS) is 1. The molecule has 0 saturated heterocycles. The van der Waals surface area contributed by atoms with E-state index in [0.717, 1.165) is 0 Å². The smallest absolute Gasteiger partial charge is 0.326 e. The first-order valence-electron chi connectivity index (χ1n) is 8.34. The van der Waals surface area contributed by atoms with E-state index in [1.165, 1.54) is 0 Å². The highest BCUT2D eigenvalue weighted by molar-refractivity contribution is 7.80. The van der Waals surface area contributed by atoms with Crippen molar-refractivity contribution in [1.82, 2.24) is 16.0 Å². The predicted molar refractivity (Wildman–Crippen MR) is 101 cm³/mol. The van der Waals surface area contributed by atoms with Gasteiger partial charge in [-0.25, -0.2) is 4.79 Å². The lowest BCUT2D eigenvalue weighted by atomic mass is 10.0. The van der Waals surface area contributed by atoms with E-state index in [1.807, 2.05) is 0 Å². The Labute approximate surface area is 167 Å². The zero-order valence-corrected chi connectivity index (χ0v) is 16.4. The summed E-state index contributed by atoms with van der Waals surface area (Å²) >= 11 is 3.85. The molecule has 9 N–H and O–H groups in total. The molecule has 4 amide bonds. The van der Waals surface area contributed by atoms with Gasteiger partial charge in [-0.3, -0.25) is 19.2 Å². The zero-order chi connectivity index (χ0) is 22.0. The molecular weight excluding hydrogens is 394 g/mol. The number of nitrogens with one attached hydrogen (secondary N) is 3. The average Bonchev–Trinajstić information content (AvgIpc) is 2.61. The second-order valence-electron chi connectivity index (χ2n) is 6.33. The van der Waals surface area contributed by atoms with Crippen LogP contribution in [-0.2, 0) is 24.0 Å². The number of hydrogen-bond acceptors (Lipinski definition) is 8. The number of hydrogen-bond donors (Lipinski definition) is 8. The number of primary amides is 1. The van der Waals surface area contributed by atoms with Gasteiger partial charge in [-0.1, -0.05) is 13.8 Å². The number of thiol groups is 1. The number of aliphatic carboxylic acids is 1. The van der Waals surface area contributed by atoms with E-state index in [1.54, 1.807) is 13.8 Å². The van der Waals surface area contributed by atoms with Crippen LogP contribution in [0.2, 0.25) is 0 Å². The molecule has 0 aromatic carbocycles. The van der Waals surface area contributed by atoms with Crippen molar-refractivity contribution in [3.8, 4) is 0 Å². The van der Waals surface area contributed by atoms with E-state index in [9.17, 15) is 29.1 Å². The highest BCUT2D eigenvalue weighted by Gasteiger charge is 2.31. The van der Waals surface area contributed by atoms with Gasteiger partial charge in [0.15, 0.2) is 0 Å². The van der Waals surface area contributed by atoms with Gasteiger partial charge < -0.3 is 37.6 Å². The maximum absolute atomic E-state index is 12.4. The van der Waals surface area contributed by atoms with E-state index in [-0.39, 0.29) is 5.75 Å². The molecule has 0 aliphatic carbocycles. The van der Waals surface area contributed by atoms with Gasteiger partial charge in [0.1, 0.15) is 18.1 Å². The normalized spacial score (nSPS) is 15.1. The molecule has 0 heterocycles. The summed E-state index contributed by atoms with van der Waals surface area (Å²) in [6.45, 7) is 2.28. The molecule has 0 aliphatic rings. The minimum atomic E-state index is -1.51. The first kappa shape index (κ1) is 25.6. The van der Waals surface area contributed by atoms with E-state index in [0.29, 0.717) is 0 Å². The Morgan fingerprint density at radius 2 is 1.46 bits per heavy atom. The number of rotatable bonds is 12. The van der Waals surface area contributed by atoms with Crippen LogP contribution in [0.15, 0.2) is 0 Å². The number of nitrogens with two attached hydrogens (primary N) is 2. The Bertz CT molecular complexity index is 601. The summed E-state index contributed by atoms with van der Waals surface area (Å²) in [5.41, 5.74) is 10.5. The van der Waals surface area contributed by atoms with Crippen LogP contribution in [0.3, 0.4) is 0 Å². The zero-order valence-electron chi connectivity index (χ0n) is 15.5. The number of carboxylic acids is 1. The standard InChI is InChI=1S/C15H27N5O7S/c1-6(2)11(15(26)27)20-14(25)9(4-21)19-13(24)8(3-10(17)22)18-12(23)7(16)5-28/h6-9,11,21,28H,3-5,16H2,1-2H3,(H2,17,22)(H,18,23)(H,19,24)(H,20,25)(H,26,27). The van der Waals surface area contributed by atoms with Crippen molar-refractivity contribution in [2.75, 3.05) is 12.4 Å². The fraction of sp³-hybridized carbons (Fsp3) is 0.667. The summed E-state index contributed by atoms with van der Waals surface area (Å²) in [5.74, 6) is -5.38. The van der Waals surface area contributed by atoms with Crippen LogP contribution in [0.5, 0.6) is 0 Å². The number of carbonyl (C=O) groups excluding carboxylic acids is 4. The summed E-state index contributed by atoms with van der Waals surface area (Å²) < 4.78 is 0. The highest BCUT2D eigenvalue weighted by Crippen LogP contribution is 2.03. The van der Waals surface area contributed by atoms with Crippen molar-refractivity contribution in [3.05, 3.63) is 0 Å². The van der Waals surface area contributed by atoms with Crippen LogP contribution < -0.4 is 27.4 Å². The van der Waals surface area contributed by atoms with Gasteiger partial charge in [-0.2, -0.15) is 12.6 Å². The molecule has 0 aromatic heterocycles. The second kappa shape index (κ2) is 12.2. The maximum Gasteiger partial charge on any atom is 0.326 e. The second-order valence-corrected chi connectivity index (χ2v) is 6.70. The molecule has 12 nitrogen and oxygen atoms in total. The van der Waals surface area contributed by atoms with Gasteiger partial charge in [-0.15, -0.1) is 0 Å². The third-order valence-corrected chi connectivity index (χ3v) is 4.01. The molecule has 0 radical (unpaired) electrons. The minimum Gasteiger partial charge on any atom is -0.480 e. The van der Waals surface area contributed by atoms with E-state index in [2.05, 4.69) is 28.6 Å². The van der Waals surface area contributed by atoms with Crippen molar-refractivity contribution in [2.45, 2.75) is 44.4 Å². The Balaban J connectivity index is 5.21. The molecule has 0 spiro atoms. The van der Waals surface area contributed by atoms with Crippen LogP contribution in [0, 0.1) is 5.92 Å². The third kappa shape index (κ3) is 8.54. The Kier molecular flexibility index (Phi) is 11.1. The van der Waals surface area contributed by atoms with Crippen molar-refractivity contribution < 1.29 is 34.2 Å². The Morgan fingerprint density at radius 3 is 1.86 bits per heavy atom. The number of aliphatic hydroxyl groups excluding tert-OH is 1. The van der Waals surface area contributed by atoms with Crippen LogP contribution in [0.25, 0.3) is 0 Å². The summed E-state index contributed by atoms with van der Waals surface area (Å²) in [4.78, 5) is 58.7. The Hall–Kier alpha value is -2.38. The van der Waals surface area contributed by atoms with E-state index in [4.69, 9.17) is 16.6 Å². The lowest BCUT2D eigenvalue weighted by Gasteiger charge is -2.24. The van der Waals surface area contributed by atoms with Crippen LogP contribution in [0.4, 0.5) is 0 Å². The molecule has 0 aromatic rings. The average molecular weight is 421 g/mol. The SMILES string of the molecule is CC(C)C(NC(=O)C(CO)NC(=O)C(CC(N)=O)NC(=O)C(N)CS)C(=O)O. The lowest BCUT2D eigenvalue weighted by molar-refractivity contribution is -0.144. The molecule has 0 saturated carbocycles. The van der Waals surface area contributed by atoms with Crippen molar-refractivity contribution in [2.24, 2.45) is 17.4 Å². The van der Waals surface area contributed by atoms with Crippen molar-refractivity contribution in [1.29, 1.82) is 0 Å². The monoisotopic (exact) mass is 421 g/mol. The largest absolute Gasteiger partial charge is 0.480 e. The first-order chi connectivity index (χ1) is 12.9. The van der Waals surface area contributed by atoms with Crippen LogP contribution in [-0.4, -0.2) is 76.3 Å². The molecule has 0 fully saturated rings. The minimum absolute atomic E-state index is 0.0236. The topological polar surface area (TPSA) is 214 Å². The quantitative estimate of drug-likeness (QED) is 0.146. The molecule has 0 aliphatic heterocycles. The molecule has 4 unspecified atom stereocenters. The van der Waals surface area contributed by atoms with Gasteiger partial charge in [0.05, 0.1) is 19.1 Å². The molecule has 28 heavy (non-hydrogen) atoms. The highest BCUT2D eigenvalue weighted by atomic mass is 32.1. The molecule has 0 rings (SSSR count). The molecule has 0 bridgehead atoms. The van der Waals surface area contributed by atoms with Gasteiger partial charge in [-0.05, 0) is 5.92 Å². The van der Waals surface area contributed by atoms with Crippen molar-refractivity contribution >= 4 is 42.2 Å². The number of aliphatic hydroxyl groups is 1. The summed E-state index contributed by atoms with van der Waals surface area (Å²) in [6, 6.07) is -5.25. The summed E-state index contributed by atoms with van der Waals surface area (Å²) in [6.07, 6.45) is -0.583. The van der Waals surface area contributed by atoms with Crippen molar-refractivity contribution in [3.63, 3.8) is 0 Å². The molecule has 4 atom stereocenters. The van der Waals surface area contributed by atoms with Gasteiger partial charge >= 0.3 is 5.97 Å². The van der Waals surface area contributed by atoms with Gasteiger partial charge in [0, 0.05) is 5.75 Å². The van der Waals surface area contributed by atoms with E-state index >= 15 is 0 Å². The first-order valence-corrected chi connectivity index (χ1v) is 8.97. The fourth-order valence-electron chi connectivity index (χ4n) is 2.01. The predicted octanol–water partition coefficient (Wildman–Crippen LogP) is -3.69. The third-order valence-electron chi connectivity index (χ3n) is 3.62. The lowest BCUT2D eigenvalue weighted by Crippen LogP contribution is -2.59. The summed E-state index contributed by atoms with van der Waals surface area (Å²) in [5, 5.41) is 25.0. The number of amides is 4. The number of carbonyl (C=O) groups is 5. The molecular formula is C15H27N5O7S.